The van der Waals surface area contributed by atoms with E-state index in [1.807, 2.05) is 5.51 Å². The molecule has 4 nitrogen and oxygen atoms in total. The summed E-state index contributed by atoms with van der Waals surface area (Å²) in [5.74, 6) is 0. The molecule has 0 aromatic carbocycles. The third kappa shape index (κ3) is 4.02. The average molecular weight is 268 g/mol. The van der Waals surface area contributed by atoms with Gasteiger partial charge in [-0.15, -0.1) is 11.3 Å². The molecule has 102 valence electrons. The number of nitrogens with two attached hydrogens (primary N) is 1. The summed E-state index contributed by atoms with van der Waals surface area (Å²) in [5, 5.41) is 0. The zero-order chi connectivity index (χ0) is 13.0. The summed E-state index contributed by atoms with van der Waals surface area (Å²) in [6.45, 7) is 7.70. The number of aromatic nitrogens is 1. The van der Waals surface area contributed by atoms with Crippen LogP contribution in [0.5, 0.6) is 0 Å². The highest BCUT2D eigenvalue weighted by molar-refractivity contribution is 7.09. The average Bonchev–Trinajstić information content (AvgIpc) is 2.74. The molecule has 1 aromatic rings. The molecule has 0 unspecified atom stereocenters. The van der Waals surface area contributed by atoms with Crippen LogP contribution in [0, 0.1) is 6.92 Å². The topological polar surface area (TPSA) is 45.4 Å². The molecule has 0 aliphatic carbocycles. The maximum Gasteiger partial charge on any atom is 0.0798 e. The van der Waals surface area contributed by atoms with E-state index in [9.17, 15) is 0 Å². The van der Waals surface area contributed by atoms with Crippen molar-refractivity contribution in [1.29, 1.82) is 0 Å². The molecule has 2 N–H and O–H groups in total. The number of nitrogens with zero attached hydrogens (tertiary/aromatic N) is 3. The van der Waals surface area contributed by atoms with Crippen LogP contribution in [0.4, 0.5) is 0 Å². The highest BCUT2D eigenvalue weighted by Gasteiger charge is 2.16. The first-order valence-corrected chi connectivity index (χ1v) is 7.58. The van der Waals surface area contributed by atoms with Crippen molar-refractivity contribution in [3.63, 3.8) is 0 Å². The Morgan fingerprint density at radius 2 is 2.22 bits per heavy atom. The fourth-order valence-electron chi connectivity index (χ4n) is 2.29. The van der Waals surface area contributed by atoms with Crippen LogP contribution in [0.25, 0.3) is 0 Å². The van der Waals surface area contributed by atoms with Crippen molar-refractivity contribution in [2.45, 2.75) is 32.4 Å². The lowest BCUT2D eigenvalue weighted by molar-refractivity contribution is 0.184. The van der Waals surface area contributed by atoms with Gasteiger partial charge < -0.3 is 10.6 Å². The van der Waals surface area contributed by atoms with Crippen LogP contribution in [-0.2, 0) is 6.54 Å². The van der Waals surface area contributed by atoms with Crippen molar-refractivity contribution in [2.75, 3.05) is 33.2 Å². The molecule has 2 heterocycles. The summed E-state index contributed by atoms with van der Waals surface area (Å²) in [4.78, 5) is 10.6. The number of hydrogen-bond acceptors (Lipinski definition) is 5. The highest BCUT2D eigenvalue weighted by atomic mass is 32.1. The van der Waals surface area contributed by atoms with E-state index in [0.717, 1.165) is 45.6 Å². The second kappa shape index (κ2) is 6.61. The number of likely N-dealkylation sites (tertiary alicyclic amines) is 1. The molecule has 1 aromatic heterocycles. The van der Waals surface area contributed by atoms with Gasteiger partial charge in [-0.25, -0.2) is 4.98 Å². The van der Waals surface area contributed by atoms with E-state index in [0.29, 0.717) is 6.04 Å². The van der Waals surface area contributed by atoms with E-state index in [4.69, 9.17) is 5.73 Å². The number of thiazole rings is 1. The molecule has 1 fully saturated rings. The SMILES string of the molecule is Cc1ncsc1CN(C)CCN1CCC(N)CC1. The predicted molar refractivity (Wildman–Crippen MR) is 76.8 cm³/mol. The molecule has 1 aliphatic heterocycles. The summed E-state index contributed by atoms with van der Waals surface area (Å²) in [5.41, 5.74) is 9.03. The van der Waals surface area contributed by atoms with Gasteiger partial charge in [0.15, 0.2) is 0 Å². The molecule has 1 saturated heterocycles. The molecule has 0 atom stereocenters. The molecular formula is C13H24N4S. The Morgan fingerprint density at radius 1 is 1.50 bits per heavy atom. The van der Waals surface area contributed by atoms with Gasteiger partial charge in [-0.05, 0) is 39.9 Å². The third-order valence-corrected chi connectivity index (χ3v) is 4.61. The van der Waals surface area contributed by atoms with Gasteiger partial charge in [0.05, 0.1) is 11.2 Å². The maximum atomic E-state index is 5.92. The van der Waals surface area contributed by atoms with E-state index in [1.165, 1.54) is 10.6 Å². The second-order valence-corrected chi connectivity index (χ2v) is 6.22. The Hall–Kier alpha value is -0.490. The molecule has 0 saturated carbocycles. The van der Waals surface area contributed by atoms with Crippen LogP contribution in [0.3, 0.4) is 0 Å². The van der Waals surface area contributed by atoms with E-state index >= 15 is 0 Å². The van der Waals surface area contributed by atoms with Gasteiger partial charge in [0, 0.05) is 30.6 Å². The Bertz CT molecular complexity index is 358. The van der Waals surface area contributed by atoms with Crippen LogP contribution in [0.1, 0.15) is 23.4 Å². The number of piperidine rings is 1. The van der Waals surface area contributed by atoms with Crippen molar-refractivity contribution in [3.8, 4) is 0 Å². The number of likely N-dealkylation sites (N-methyl/N-ethyl adjacent to an activating group) is 1. The lowest BCUT2D eigenvalue weighted by atomic mass is 10.1. The molecule has 0 radical (unpaired) electrons. The summed E-state index contributed by atoms with van der Waals surface area (Å²) >= 11 is 1.76. The van der Waals surface area contributed by atoms with Gasteiger partial charge in [0.25, 0.3) is 0 Å². The molecule has 18 heavy (non-hydrogen) atoms. The largest absolute Gasteiger partial charge is 0.328 e. The highest BCUT2D eigenvalue weighted by Crippen LogP contribution is 2.14. The zero-order valence-corrected chi connectivity index (χ0v) is 12.2. The molecule has 2 rings (SSSR count). The van der Waals surface area contributed by atoms with E-state index in [1.54, 1.807) is 11.3 Å². The smallest absolute Gasteiger partial charge is 0.0798 e. The first-order valence-electron chi connectivity index (χ1n) is 6.70. The summed E-state index contributed by atoms with van der Waals surface area (Å²) in [6.07, 6.45) is 2.30. The van der Waals surface area contributed by atoms with Crippen molar-refractivity contribution in [3.05, 3.63) is 16.1 Å². The van der Waals surface area contributed by atoms with Crippen LogP contribution in [0.15, 0.2) is 5.51 Å². The van der Waals surface area contributed by atoms with E-state index in [-0.39, 0.29) is 0 Å². The minimum atomic E-state index is 0.429. The minimum Gasteiger partial charge on any atom is -0.328 e. The van der Waals surface area contributed by atoms with Gasteiger partial charge in [0.1, 0.15) is 0 Å². The predicted octanol–water partition coefficient (Wildman–Crippen LogP) is 1.31. The Morgan fingerprint density at radius 3 is 2.83 bits per heavy atom. The Labute approximate surface area is 114 Å². The quantitative estimate of drug-likeness (QED) is 0.874. The fraction of sp³-hybridized carbons (Fsp3) is 0.769. The molecule has 0 amide bonds. The lowest BCUT2D eigenvalue weighted by Gasteiger charge is -2.31. The van der Waals surface area contributed by atoms with Gasteiger partial charge in [0.2, 0.25) is 0 Å². The Balaban J connectivity index is 1.69. The number of aryl methyl sites for hydroxylation is 1. The van der Waals surface area contributed by atoms with Crippen molar-refractivity contribution >= 4 is 11.3 Å². The normalized spacial score (nSPS) is 18.7. The summed E-state index contributed by atoms with van der Waals surface area (Å²) < 4.78 is 0. The molecule has 1 aliphatic rings. The number of rotatable bonds is 5. The first kappa shape index (κ1) is 13.9. The lowest BCUT2D eigenvalue weighted by Crippen LogP contribution is -2.42. The Kier molecular flexibility index (Phi) is 5.12. The fourth-order valence-corrected chi connectivity index (χ4v) is 3.15. The maximum absolute atomic E-state index is 5.92. The van der Waals surface area contributed by atoms with Crippen molar-refractivity contribution < 1.29 is 0 Å². The zero-order valence-electron chi connectivity index (χ0n) is 11.4. The second-order valence-electron chi connectivity index (χ2n) is 5.28. The molecule has 0 spiro atoms. The summed E-state index contributed by atoms with van der Waals surface area (Å²) in [7, 11) is 2.19. The van der Waals surface area contributed by atoms with Gasteiger partial charge >= 0.3 is 0 Å². The van der Waals surface area contributed by atoms with E-state index < -0.39 is 0 Å². The first-order chi connectivity index (χ1) is 8.65. The molecule has 0 bridgehead atoms. The van der Waals surface area contributed by atoms with Crippen molar-refractivity contribution in [1.82, 2.24) is 14.8 Å². The monoisotopic (exact) mass is 268 g/mol. The standard InChI is InChI=1S/C13H24N4S/c1-11-13(18-10-15-11)9-16(2)7-8-17-5-3-12(14)4-6-17/h10,12H,3-9,14H2,1-2H3. The third-order valence-electron chi connectivity index (χ3n) is 3.69. The minimum absolute atomic E-state index is 0.429. The number of hydrogen-bond donors (Lipinski definition) is 1. The van der Waals surface area contributed by atoms with Crippen LogP contribution in [-0.4, -0.2) is 54.1 Å². The van der Waals surface area contributed by atoms with Crippen molar-refractivity contribution in [2.24, 2.45) is 5.73 Å². The summed E-state index contributed by atoms with van der Waals surface area (Å²) in [6, 6.07) is 0.429. The van der Waals surface area contributed by atoms with Crippen LogP contribution < -0.4 is 5.73 Å². The van der Waals surface area contributed by atoms with Gasteiger partial charge in [-0.3, -0.25) is 4.90 Å². The van der Waals surface area contributed by atoms with E-state index in [2.05, 4.69) is 28.8 Å². The van der Waals surface area contributed by atoms with Crippen LogP contribution in [0.2, 0.25) is 0 Å². The van der Waals surface area contributed by atoms with Gasteiger partial charge in [-0.1, -0.05) is 0 Å². The van der Waals surface area contributed by atoms with Crippen LogP contribution >= 0.6 is 11.3 Å². The molecule has 5 heteroatoms. The molecular weight excluding hydrogens is 244 g/mol. The van der Waals surface area contributed by atoms with Gasteiger partial charge in [-0.2, -0.15) is 0 Å².